The predicted octanol–water partition coefficient (Wildman–Crippen LogP) is 8.14. The van der Waals surface area contributed by atoms with Crippen molar-refractivity contribution in [3.63, 3.8) is 0 Å². The molecule has 12 rings (SSSR count). The second-order valence-corrected chi connectivity index (χ2v) is 34.9. The summed E-state index contributed by atoms with van der Waals surface area (Å²) in [6, 6.07) is 32.8. The van der Waals surface area contributed by atoms with Gasteiger partial charge in [-0.15, -0.1) is 0 Å². The summed E-state index contributed by atoms with van der Waals surface area (Å²) in [5.74, 6) is -2.26. The quantitative estimate of drug-likeness (QED) is 0.0135. The van der Waals surface area contributed by atoms with Crippen LogP contribution in [0.2, 0.25) is 0 Å². The lowest BCUT2D eigenvalue weighted by atomic mass is 9.88. The molecule has 5 aromatic carbocycles. The number of morpholine rings is 3. The third-order valence-electron chi connectivity index (χ3n) is 24.1. The second kappa shape index (κ2) is 55.4. The molecule has 2 saturated carbocycles. The number of hydrogen-bond acceptors (Lipinski definition) is 26. The number of phenols is 1. The largest absolute Gasteiger partial charge is 0.508 e. The van der Waals surface area contributed by atoms with Crippen molar-refractivity contribution in [1.29, 1.82) is 0 Å². The second-order valence-electron chi connectivity index (χ2n) is 34.9. The number of amides is 4. The number of nitrogens with zero attached hydrogens (tertiary/aromatic N) is 3. The van der Waals surface area contributed by atoms with Crippen LogP contribution in [0, 0.1) is 44.4 Å². The molecule has 0 aromatic heterocycles. The van der Waals surface area contributed by atoms with Crippen molar-refractivity contribution in [2.75, 3.05) is 133 Å². The number of Topliss-reactive ketones (excluding diaryl/α,β-unsaturated/α-hetero) is 4. The number of aliphatic carboxylic acids is 1. The highest BCUT2D eigenvalue weighted by Crippen LogP contribution is 2.36. The number of aromatic hydroxyl groups is 1. The molecule has 5 heterocycles. The molecule has 31 nitrogen and oxygen atoms in total. The number of rotatable bonds is 40. The fraction of sp³-hybridized carbons (Fsp3) is 0.582. The fourth-order valence-corrected chi connectivity index (χ4v) is 15.7. The van der Waals surface area contributed by atoms with E-state index in [0.717, 1.165) is 90.1 Å². The molecule has 10 atom stereocenters. The fourth-order valence-electron chi connectivity index (χ4n) is 15.7. The number of carbonyl (C=O) groups excluding carboxylic acids is 10. The monoisotopic (exact) mass is 1820 g/mol. The molecule has 0 spiro atoms. The smallest absolute Gasteiger partial charge is 0.325 e. The minimum atomic E-state index is -1.02. The average Bonchev–Trinajstić information content (AvgIpc) is 1.64. The molecule has 5 aliphatic heterocycles. The predicted molar refractivity (Wildman–Crippen MR) is 487 cm³/mol. The van der Waals surface area contributed by atoms with Gasteiger partial charge in [0.15, 0.2) is 23.1 Å². The van der Waals surface area contributed by atoms with Crippen LogP contribution in [-0.4, -0.2) is 270 Å². The van der Waals surface area contributed by atoms with Gasteiger partial charge >= 0.3 is 17.9 Å². The molecule has 0 unspecified atom stereocenters. The van der Waals surface area contributed by atoms with Crippen molar-refractivity contribution in [3.05, 3.63) is 160 Å². The molecule has 0 bridgehead atoms. The Morgan fingerprint density at radius 1 is 0.492 bits per heavy atom. The number of carbonyl (C=O) groups is 11. The first kappa shape index (κ1) is 105. The number of halogens is 1. The lowest BCUT2D eigenvalue weighted by Crippen LogP contribution is -2.50. The minimum Gasteiger partial charge on any atom is -0.508 e. The van der Waals surface area contributed by atoms with Gasteiger partial charge in [-0.25, -0.2) is 0 Å². The summed E-state index contributed by atoms with van der Waals surface area (Å²) < 4.78 is 63.3. The van der Waals surface area contributed by atoms with Gasteiger partial charge < -0.3 is 85.6 Å². The van der Waals surface area contributed by atoms with E-state index < -0.39 is 78.3 Å². The Morgan fingerprint density at radius 2 is 0.862 bits per heavy atom. The number of benzene rings is 5. The Labute approximate surface area is 766 Å². The maximum atomic E-state index is 13.8. The van der Waals surface area contributed by atoms with E-state index in [1.165, 1.54) is 46.8 Å². The van der Waals surface area contributed by atoms with E-state index in [2.05, 4.69) is 26.0 Å². The number of epoxide rings is 2. The maximum Gasteiger partial charge on any atom is 0.325 e. The van der Waals surface area contributed by atoms with Gasteiger partial charge in [-0.05, 0) is 162 Å². The number of carboxylic acid groups (broad SMARTS) is 1. The standard InChI is InChI=1S/C31H45N3O7.C28H36N2O6.C18H21NO3.C11H19NO2.C9H16N2O4.CH3F/c1-20-8-9-23(16-26(20)35)14-24(17-27(36)21(2)32-28(37)18-34-10-12-40-13-11-34)30(39)33-25(15-22-6-4-5-7-22)29(38)31(3)19-41-31;1-20-9-10-23(16-26(20)36-19-22-7-5-4-6-8-22)15-24(28(33)34-3)17-25(31)21(2)29-27(32)18-30-11-13-35-14-12-30;1-13-8-9-15(10-16(19)18(20)21-2)11-17(13)22-12-14-6-4-3-5-7-14;1-11(7-14-11)10(13)9(12)6-8-4-2-3-5-8;1-7(9(13)14)10-8(12)6-11-2-4-15-5-3-11;1-2/h8-9,16,21-22,24-25,35H,4-7,10-15,17-19H2,1-3H3,(H,32,37)(H,33,39);4-10,16,21,24H,11-15,17-19H2,1-3H3,(H,29,32);3-9,11,16H,10,12,19H2,1-2H3;8-9H,2-7,12H2,1H3;7H,2-6H2,1H3,(H,10,12)(H,13,14);1H3/t21-,24+,25-,31+;21-,24+;16-;9-,11+;7-;/m00000./s1/i;;;;;1D. The molecular weight excluding hydrogens is 1670 g/mol. The van der Waals surface area contributed by atoms with Crippen LogP contribution in [0.3, 0.4) is 0 Å². The molecule has 5 aromatic rings. The number of ketones is 4. The summed E-state index contributed by atoms with van der Waals surface area (Å²) in [5.41, 5.74) is 17.7. The van der Waals surface area contributed by atoms with Crippen LogP contribution >= 0.6 is 0 Å². The molecule has 716 valence electrons. The minimum absolute atomic E-state index is 0.0280. The number of phenolic OH excluding ortho intramolecular Hbond substituents is 1. The van der Waals surface area contributed by atoms with Gasteiger partial charge in [0.05, 0.1) is 125 Å². The molecule has 7 fully saturated rings. The van der Waals surface area contributed by atoms with Crippen LogP contribution in [0.25, 0.3) is 0 Å². The van der Waals surface area contributed by atoms with Gasteiger partial charge in [-0.3, -0.25) is 71.8 Å². The number of nitrogens with two attached hydrogens (primary N) is 2. The highest BCUT2D eigenvalue weighted by atomic mass is 19.1. The third-order valence-corrected chi connectivity index (χ3v) is 24.1. The Bertz CT molecular complexity index is 4440. The van der Waals surface area contributed by atoms with Gasteiger partial charge in [-0.2, -0.15) is 0 Å². The van der Waals surface area contributed by atoms with Crippen LogP contribution in [-0.2, 0) is 118 Å². The van der Waals surface area contributed by atoms with Crippen molar-refractivity contribution >= 4 is 64.7 Å². The van der Waals surface area contributed by atoms with Gasteiger partial charge in [-0.1, -0.05) is 148 Å². The molecule has 130 heavy (non-hydrogen) atoms. The SMILES string of the molecule is COC(=O)[C@@H](CC(=O)[C@H](C)NC(=O)CN1CCOCC1)Cc1ccc(C)c(OCc2ccccc2)c1.COC(=O)[C@@H](N)Cc1ccc(C)c(OCc2ccccc2)c1.C[C@H](NC(=O)CN1CCOCC1)C(=O)O.C[C@]1(C(=O)[C@@H](N)CC2CCCC2)CO1.Cc1ccc(C[C@H](CC(=O)[C@H](C)NC(=O)CN2CCOCC2)C(=O)N[C@@H](CC2CCCC2)C(=O)[C@@]2(C)CO2)cc1O.[2H]CF. The number of carboxylic acids is 1. The summed E-state index contributed by atoms with van der Waals surface area (Å²) in [6.07, 6.45) is 11.6. The first-order valence-electron chi connectivity index (χ1n) is 45.9. The summed E-state index contributed by atoms with van der Waals surface area (Å²) in [6.45, 7) is 24.3. The topological polar surface area (TPSA) is 428 Å². The van der Waals surface area contributed by atoms with Crippen molar-refractivity contribution in [2.24, 2.45) is 35.1 Å². The lowest BCUT2D eigenvalue weighted by Gasteiger charge is -2.27. The van der Waals surface area contributed by atoms with E-state index in [1.54, 1.807) is 39.8 Å². The van der Waals surface area contributed by atoms with Gasteiger partial charge in [0.2, 0.25) is 23.6 Å². The highest BCUT2D eigenvalue weighted by molar-refractivity contribution is 5.98. The Kier molecular flexibility index (Phi) is 44.9. The van der Waals surface area contributed by atoms with E-state index in [-0.39, 0.29) is 97.4 Å². The summed E-state index contributed by atoms with van der Waals surface area (Å²) in [4.78, 5) is 142. The van der Waals surface area contributed by atoms with Crippen molar-refractivity contribution in [2.45, 2.75) is 212 Å². The number of ether oxygens (including phenoxy) is 9. The Balaban J connectivity index is 0.000000235. The highest BCUT2D eigenvalue weighted by Gasteiger charge is 2.51. The number of methoxy groups -OCH3 is 2. The molecule has 7 aliphatic rings. The molecule has 5 saturated heterocycles. The maximum absolute atomic E-state index is 13.8. The van der Waals surface area contributed by atoms with Crippen molar-refractivity contribution < 1.29 is 111 Å². The number of alkyl halides is 1. The van der Waals surface area contributed by atoms with Crippen LogP contribution in [0.1, 0.15) is 158 Å². The normalized spacial score (nSPS) is 19.8. The first-order chi connectivity index (χ1) is 62.6. The zero-order valence-electron chi connectivity index (χ0n) is 78.4. The van der Waals surface area contributed by atoms with E-state index in [4.69, 9.17) is 55.8 Å². The van der Waals surface area contributed by atoms with Gasteiger partial charge in [0.25, 0.3) is 0 Å². The van der Waals surface area contributed by atoms with E-state index in [1.807, 2.05) is 139 Å². The first-order valence-corrected chi connectivity index (χ1v) is 45.2. The number of aryl methyl sites for hydroxylation is 3. The number of hydrogen-bond donors (Lipinski definition) is 8. The van der Waals surface area contributed by atoms with Crippen LogP contribution < -0.4 is 42.2 Å². The molecule has 2 aliphatic carbocycles. The zero-order chi connectivity index (χ0) is 95.6. The summed E-state index contributed by atoms with van der Waals surface area (Å²) in [7, 11) is 1.66. The zero-order valence-corrected chi connectivity index (χ0v) is 77.4. The summed E-state index contributed by atoms with van der Waals surface area (Å²) in [5, 5.41) is 29.8. The van der Waals surface area contributed by atoms with Gasteiger partial charge in [0.1, 0.15) is 53.7 Å². The Hall–Kier alpha value is -10.00. The Morgan fingerprint density at radius 3 is 1.26 bits per heavy atom. The van der Waals surface area contributed by atoms with E-state index >= 15 is 0 Å². The van der Waals surface area contributed by atoms with Crippen LogP contribution in [0.4, 0.5) is 4.39 Å². The van der Waals surface area contributed by atoms with Gasteiger partial charge in [0, 0.05) is 58.0 Å². The number of nitrogens with one attached hydrogen (secondary N) is 4. The van der Waals surface area contributed by atoms with E-state index in [0.29, 0.717) is 134 Å². The molecule has 4 amide bonds. The summed E-state index contributed by atoms with van der Waals surface area (Å²) >= 11 is 0. The molecule has 10 N–H and O–H groups in total. The van der Waals surface area contributed by atoms with E-state index in [9.17, 15) is 62.2 Å². The third kappa shape index (κ3) is 37.7. The van der Waals surface area contributed by atoms with Crippen LogP contribution in [0.15, 0.2) is 115 Å². The van der Waals surface area contributed by atoms with Crippen LogP contribution in [0.5, 0.6) is 17.2 Å². The molecule has 0 radical (unpaired) electrons. The number of esters is 2. The molecular formula is C98H140FN9O22. The lowest BCUT2D eigenvalue weighted by molar-refractivity contribution is -0.147. The average molecular weight is 1820 g/mol. The molecule has 32 heteroatoms. The van der Waals surface area contributed by atoms with Crippen molar-refractivity contribution in [1.82, 2.24) is 36.0 Å². The van der Waals surface area contributed by atoms with Crippen molar-refractivity contribution in [3.8, 4) is 17.2 Å².